The largest absolute Gasteiger partial charge is 0.396 e. The maximum absolute atomic E-state index is 8.69. The molecule has 1 aromatic rings. The number of rotatable bonds is 3. The van der Waals surface area contributed by atoms with Crippen molar-refractivity contribution in [2.24, 2.45) is 7.05 Å². The molecule has 0 aliphatic heterocycles. The Morgan fingerprint density at radius 3 is 2.50 bits per heavy atom. The van der Waals surface area contributed by atoms with E-state index >= 15 is 0 Å². The fraction of sp³-hybridized carbons (Fsp3) is 0.667. The van der Waals surface area contributed by atoms with Gasteiger partial charge in [0, 0.05) is 19.3 Å². The third kappa shape index (κ3) is 1.67. The Labute approximate surface area is 73.0 Å². The van der Waals surface area contributed by atoms with Crippen molar-refractivity contribution in [3.63, 3.8) is 0 Å². The molecular formula is C9H16N2O. The monoisotopic (exact) mass is 168 g/mol. The van der Waals surface area contributed by atoms with Crippen molar-refractivity contribution < 1.29 is 5.11 Å². The molecule has 0 radical (unpaired) electrons. The zero-order chi connectivity index (χ0) is 9.14. The SMILES string of the molecule is Cc1nn(C)c(C)c1CCCO. The van der Waals surface area contributed by atoms with Gasteiger partial charge in [0.05, 0.1) is 5.69 Å². The lowest BCUT2D eigenvalue weighted by molar-refractivity contribution is 0.288. The lowest BCUT2D eigenvalue weighted by Gasteiger charge is -1.99. The molecule has 0 aromatic carbocycles. The minimum Gasteiger partial charge on any atom is -0.396 e. The van der Waals surface area contributed by atoms with Gasteiger partial charge in [-0.3, -0.25) is 4.68 Å². The maximum Gasteiger partial charge on any atom is 0.0628 e. The highest BCUT2D eigenvalue weighted by atomic mass is 16.2. The van der Waals surface area contributed by atoms with E-state index in [0.29, 0.717) is 0 Å². The smallest absolute Gasteiger partial charge is 0.0628 e. The molecule has 0 bridgehead atoms. The summed E-state index contributed by atoms with van der Waals surface area (Å²) in [5, 5.41) is 13.0. The van der Waals surface area contributed by atoms with Gasteiger partial charge in [-0.25, -0.2) is 0 Å². The van der Waals surface area contributed by atoms with Gasteiger partial charge < -0.3 is 5.11 Å². The standard InChI is InChI=1S/C9H16N2O/c1-7-9(5-4-6-12)8(2)11(3)10-7/h12H,4-6H2,1-3H3. The van der Waals surface area contributed by atoms with Crippen LogP contribution in [0.3, 0.4) is 0 Å². The molecule has 12 heavy (non-hydrogen) atoms. The summed E-state index contributed by atoms with van der Waals surface area (Å²) in [5.74, 6) is 0. The summed E-state index contributed by atoms with van der Waals surface area (Å²) in [6.45, 7) is 4.33. The molecule has 3 heteroatoms. The first kappa shape index (κ1) is 9.26. The first-order valence-electron chi connectivity index (χ1n) is 4.26. The maximum atomic E-state index is 8.69. The summed E-state index contributed by atoms with van der Waals surface area (Å²) in [6, 6.07) is 0. The van der Waals surface area contributed by atoms with Crippen LogP contribution in [-0.4, -0.2) is 21.5 Å². The van der Waals surface area contributed by atoms with E-state index in [9.17, 15) is 0 Å². The molecular weight excluding hydrogens is 152 g/mol. The van der Waals surface area contributed by atoms with E-state index in [-0.39, 0.29) is 6.61 Å². The van der Waals surface area contributed by atoms with Crippen molar-refractivity contribution in [2.45, 2.75) is 26.7 Å². The van der Waals surface area contributed by atoms with Crippen LogP contribution in [0, 0.1) is 13.8 Å². The van der Waals surface area contributed by atoms with Crippen LogP contribution < -0.4 is 0 Å². The van der Waals surface area contributed by atoms with Crippen LogP contribution in [0.25, 0.3) is 0 Å². The van der Waals surface area contributed by atoms with Gasteiger partial charge >= 0.3 is 0 Å². The van der Waals surface area contributed by atoms with Gasteiger partial charge in [0.15, 0.2) is 0 Å². The highest BCUT2D eigenvalue weighted by Crippen LogP contribution is 2.13. The summed E-state index contributed by atoms with van der Waals surface area (Å²) < 4.78 is 1.89. The van der Waals surface area contributed by atoms with Gasteiger partial charge in [-0.05, 0) is 32.3 Å². The van der Waals surface area contributed by atoms with Crippen molar-refractivity contribution in [3.05, 3.63) is 17.0 Å². The van der Waals surface area contributed by atoms with Gasteiger partial charge in [0.25, 0.3) is 0 Å². The van der Waals surface area contributed by atoms with Crippen LogP contribution >= 0.6 is 0 Å². The molecule has 3 nitrogen and oxygen atoms in total. The summed E-state index contributed by atoms with van der Waals surface area (Å²) >= 11 is 0. The summed E-state index contributed by atoms with van der Waals surface area (Å²) in [7, 11) is 1.95. The molecule has 68 valence electrons. The first-order valence-corrected chi connectivity index (χ1v) is 4.26. The van der Waals surface area contributed by atoms with Crippen LogP contribution in [-0.2, 0) is 13.5 Å². The zero-order valence-corrected chi connectivity index (χ0v) is 7.96. The molecule has 0 aliphatic rings. The number of aromatic nitrogens is 2. The molecule has 0 saturated carbocycles. The summed E-state index contributed by atoms with van der Waals surface area (Å²) in [6.07, 6.45) is 1.76. The van der Waals surface area contributed by atoms with Gasteiger partial charge in [0.1, 0.15) is 0 Å². The molecule has 1 rings (SSSR count). The zero-order valence-electron chi connectivity index (χ0n) is 7.96. The molecule has 0 fully saturated rings. The molecule has 0 unspecified atom stereocenters. The fourth-order valence-electron chi connectivity index (χ4n) is 1.44. The molecule has 0 aliphatic carbocycles. The number of aliphatic hydroxyl groups is 1. The Hall–Kier alpha value is -0.830. The van der Waals surface area contributed by atoms with Crippen LogP contribution in [0.5, 0.6) is 0 Å². The van der Waals surface area contributed by atoms with Crippen LogP contribution in [0.15, 0.2) is 0 Å². The van der Waals surface area contributed by atoms with Crippen molar-refractivity contribution in [1.29, 1.82) is 0 Å². The van der Waals surface area contributed by atoms with E-state index in [0.717, 1.165) is 18.5 Å². The van der Waals surface area contributed by atoms with Gasteiger partial charge in [-0.1, -0.05) is 0 Å². The minimum atomic E-state index is 0.258. The van der Waals surface area contributed by atoms with E-state index in [1.165, 1.54) is 11.3 Å². The topological polar surface area (TPSA) is 38.0 Å². The Bertz CT molecular complexity index is 266. The van der Waals surface area contributed by atoms with E-state index in [1.807, 2.05) is 18.7 Å². The molecule has 0 saturated heterocycles. The van der Waals surface area contributed by atoms with Crippen molar-refractivity contribution in [2.75, 3.05) is 6.61 Å². The molecule has 0 atom stereocenters. The highest BCUT2D eigenvalue weighted by Gasteiger charge is 2.07. The van der Waals surface area contributed by atoms with Crippen molar-refractivity contribution in [1.82, 2.24) is 9.78 Å². The number of aliphatic hydroxyl groups excluding tert-OH is 1. The Kier molecular flexibility index (Phi) is 2.87. The lowest BCUT2D eigenvalue weighted by Crippen LogP contribution is -1.95. The highest BCUT2D eigenvalue weighted by molar-refractivity contribution is 5.24. The Morgan fingerprint density at radius 2 is 2.08 bits per heavy atom. The second kappa shape index (κ2) is 3.72. The van der Waals surface area contributed by atoms with Gasteiger partial charge in [0.2, 0.25) is 0 Å². The van der Waals surface area contributed by atoms with Crippen LogP contribution in [0.4, 0.5) is 0 Å². The van der Waals surface area contributed by atoms with Crippen molar-refractivity contribution in [3.8, 4) is 0 Å². The average Bonchev–Trinajstić information content (AvgIpc) is 2.25. The first-order chi connectivity index (χ1) is 5.66. The average molecular weight is 168 g/mol. The fourth-order valence-corrected chi connectivity index (χ4v) is 1.44. The van der Waals surface area contributed by atoms with Crippen LogP contribution in [0.1, 0.15) is 23.4 Å². The predicted octanol–water partition coefficient (Wildman–Crippen LogP) is 0.962. The summed E-state index contributed by atoms with van der Waals surface area (Å²) in [5.41, 5.74) is 3.58. The predicted molar refractivity (Wildman–Crippen MR) is 48.1 cm³/mol. The third-order valence-electron chi connectivity index (χ3n) is 2.24. The molecule has 1 heterocycles. The Morgan fingerprint density at radius 1 is 1.42 bits per heavy atom. The normalized spacial score (nSPS) is 10.7. The second-order valence-corrected chi connectivity index (χ2v) is 3.10. The number of aryl methyl sites for hydroxylation is 2. The quantitative estimate of drug-likeness (QED) is 0.730. The minimum absolute atomic E-state index is 0.258. The second-order valence-electron chi connectivity index (χ2n) is 3.10. The van der Waals surface area contributed by atoms with Crippen molar-refractivity contribution >= 4 is 0 Å². The lowest BCUT2D eigenvalue weighted by atomic mass is 10.1. The molecule has 1 N–H and O–H groups in total. The van der Waals surface area contributed by atoms with E-state index in [4.69, 9.17) is 5.11 Å². The van der Waals surface area contributed by atoms with E-state index < -0.39 is 0 Å². The van der Waals surface area contributed by atoms with Gasteiger partial charge in [-0.2, -0.15) is 5.10 Å². The number of nitrogens with zero attached hydrogens (tertiary/aromatic N) is 2. The van der Waals surface area contributed by atoms with Crippen LogP contribution in [0.2, 0.25) is 0 Å². The molecule has 1 aromatic heterocycles. The Balaban J connectivity index is 2.82. The summed E-state index contributed by atoms with van der Waals surface area (Å²) in [4.78, 5) is 0. The van der Waals surface area contributed by atoms with E-state index in [2.05, 4.69) is 12.0 Å². The third-order valence-corrected chi connectivity index (χ3v) is 2.24. The molecule has 0 spiro atoms. The number of hydrogen-bond donors (Lipinski definition) is 1. The van der Waals surface area contributed by atoms with E-state index in [1.54, 1.807) is 0 Å². The molecule has 0 amide bonds. The number of hydrogen-bond acceptors (Lipinski definition) is 2. The van der Waals surface area contributed by atoms with Gasteiger partial charge in [-0.15, -0.1) is 0 Å².